The number of anilines is 1. The summed E-state index contributed by atoms with van der Waals surface area (Å²) in [5.41, 5.74) is 0.996. The summed E-state index contributed by atoms with van der Waals surface area (Å²) in [5.74, 6) is -0.748. The number of hydrogen-bond acceptors (Lipinski definition) is 4. The summed E-state index contributed by atoms with van der Waals surface area (Å²) < 4.78 is 4.60. The zero-order chi connectivity index (χ0) is 17.2. The largest absolute Gasteiger partial charge is 0.465 e. The molecule has 0 saturated heterocycles. The van der Waals surface area contributed by atoms with Crippen molar-refractivity contribution in [3.05, 3.63) is 29.8 Å². The normalized spacial score (nSPS) is 11.4. The molecule has 2 amide bonds. The lowest BCUT2D eigenvalue weighted by molar-refractivity contribution is -0.120. The fourth-order valence-electron chi connectivity index (χ4n) is 1.83. The number of ether oxygens (including phenoxy) is 1. The van der Waals surface area contributed by atoms with Gasteiger partial charge >= 0.3 is 5.97 Å². The second kappa shape index (κ2) is 9.99. The zero-order valence-electron chi connectivity index (χ0n) is 13.2. The molecule has 0 fully saturated rings. The minimum absolute atomic E-state index is 0.109. The average molecular weight is 385 g/mol. The van der Waals surface area contributed by atoms with Crippen molar-refractivity contribution >= 4 is 39.4 Å². The average Bonchev–Trinajstić information content (AvgIpc) is 2.54. The number of hydrogen-bond donors (Lipinski definition) is 2. The van der Waals surface area contributed by atoms with Gasteiger partial charge in [0.05, 0.1) is 17.5 Å². The van der Waals surface area contributed by atoms with Gasteiger partial charge in [-0.1, -0.05) is 29.3 Å². The van der Waals surface area contributed by atoms with E-state index in [0.717, 1.165) is 12.8 Å². The fraction of sp³-hybridized carbons (Fsp3) is 0.438. The van der Waals surface area contributed by atoms with Gasteiger partial charge in [-0.05, 0) is 30.7 Å². The molecule has 1 aromatic carbocycles. The third-order valence-corrected chi connectivity index (χ3v) is 3.94. The number of esters is 1. The van der Waals surface area contributed by atoms with E-state index in [1.807, 2.05) is 6.92 Å². The number of amides is 2. The van der Waals surface area contributed by atoms with Gasteiger partial charge in [0.25, 0.3) is 0 Å². The summed E-state index contributed by atoms with van der Waals surface area (Å²) in [6, 6.07) is 6.39. The number of nitrogens with one attached hydrogen (secondary N) is 2. The molecule has 126 valence electrons. The van der Waals surface area contributed by atoms with E-state index in [-0.39, 0.29) is 29.6 Å². The highest BCUT2D eigenvalue weighted by atomic mass is 79.9. The first-order chi connectivity index (χ1) is 11.0. The topological polar surface area (TPSA) is 84.5 Å². The SMILES string of the molecule is CCCC(Br)C(=O)NCCC(=O)Nc1ccc(C(=O)OC)cc1. The Kier molecular flexibility index (Phi) is 8.32. The van der Waals surface area contributed by atoms with Gasteiger partial charge in [0, 0.05) is 18.7 Å². The zero-order valence-corrected chi connectivity index (χ0v) is 14.8. The molecule has 23 heavy (non-hydrogen) atoms. The Morgan fingerprint density at radius 2 is 1.87 bits per heavy atom. The number of methoxy groups -OCH3 is 1. The van der Waals surface area contributed by atoms with Crippen LogP contribution in [0.1, 0.15) is 36.5 Å². The molecule has 7 heteroatoms. The van der Waals surface area contributed by atoms with Crippen LogP contribution in [0.3, 0.4) is 0 Å². The molecule has 1 aromatic rings. The maximum absolute atomic E-state index is 11.8. The van der Waals surface area contributed by atoms with Crippen molar-refractivity contribution in [2.45, 2.75) is 31.0 Å². The minimum Gasteiger partial charge on any atom is -0.465 e. The number of alkyl halides is 1. The standard InChI is InChI=1S/C16H21BrN2O4/c1-3-4-13(17)15(21)18-10-9-14(20)19-12-7-5-11(6-8-12)16(22)23-2/h5-8,13H,3-4,9-10H2,1-2H3,(H,18,21)(H,19,20). The summed E-state index contributed by atoms with van der Waals surface area (Å²) in [6.45, 7) is 2.27. The predicted octanol–water partition coefficient (Wildman–Crippen LogP) is 2.48. The monoisotopic (exact) mass is 384 g/mol. The lowest BCUT2D eigenvalue weighted by Gasteiger charge is -2.10. The van der Waals surface area contributed by atoms with Crippen LogP contribution in [0.2, 0.25) is 0 Å². The van der Waals surface area contributed by atoms with Crippen LogP contribution in [0.4, 0.5) is 5.69 Å². The molecule has 0 aliphatic carbocycles. The first kappa shape index (κ1) is 19.2. The maximum Gasteiger partial charge on any atom is 0.337 e. The highest BCUT2D eigenvalue weighted by molar-refractivity contribution is 9.10. The summed E-state index contributed by atoms with van der Waals surface area (Å²) in [7, 11) is 1.31. The van der Waals surface area contributed by atoms with Crippen LogP contribution < -0.4 is 10.6 Å². The van der Waals surface area contributed by atoms with E-state index in [0.29, 0.717) is 11.3 Å². The van der Waals surface area contributed by atoms with Crippen molar-refractivity contribution in [2.24, 2.45) is 0 Å². The molecule has 1 rings (SSSR count). The lowest BCUT2D eigenvalue weighted by atomic mass is 10.2. The molecule has 0 spiro atoms. The number of rotatable bonds is 8. The first-order valence-electron chi connectivity index (χ1n) is 7.38. The number of carbonyl (C=O) groups excluding carboxylic acids is 3. The summed E-state index contributed by atoms with van der Waals surface area (Å²) in [4.78, 5) is 34.5. The highest BCUT2D eigenvalue weighted by Gasteiger charge is 2.13. The first-order valence-corrected chi connectivity index (χ1v) is 8.29. The summed E-state index contributed by atoms with van der Waals surface area (Å²) in [5, 5.41) is 5.41. The van der Waals surface area contributed by atoms with E-state index >= 15 is 0 Å². The number of carbonyl (C=O) groups is 3. The van der Waals surface area contributed by atoms with Crippen LogP contribution in [0.25, 0.3) is 0 Å². The van der Waals surface area contributed by atoms with Gasteiger partial charge in [0.2, 0.25) is 11.8 Å². The minimum atomic E-state index is -0.429. The van der Waals surface area contributed by atoms with Crippen LogP contribution >= 0.6 is 15.9 Å². The quantitative estimate of drug-likeness (QED) is 0.532. The molecule has 0 saturated carbocycles. The fourth-order valence-corrected chi connectivity index (χ4v) is 2.45. The maximum atomic E-state index is 11.8. The van der Waals surface area contributed by atoms with Crippen molar-refractivity contribution in [1.82, 2.24) is 5.32 Å². The molecule has 0 radical (unpaired) electrons. The summed E-state index contributed by atoms with van der Waals surface area (Å²) >= 11 is 3.30. The molecule has 0 aliphatic heterocycles. The second-order valence-corrected chi connectivity index (χ2v) is 6.02. The Labute approximate surface area is 144 Å². The Morgan fingerprint density at radius 1 is 1.22 bits per heavy atom. The van der Waals surface area contributed by atoms with Crippen molar-refractivity contribution in [2.75, 3.05) is 19.0 Å². The molecule has 0 aromatic heterocycles. The lowest BCUT2D eigenvalue weighted by Crippen LogP contribution is -2.33. The van der Waals surface area contributed by atoms with E-state index in [2.05, 4.69) is 31.3 Å². The summed E-state index contributed by atoms with van der Waals surface area (Å²) in [6.07, 6.45) is 1.84. The van der Waals surface area contributed by atoms with Gasteiger partial charge in [0.1, 0.15) is 0 Å². The van der Waals surface area contributed by atoms with Crippen LogP contribution in [-0.2, 0) is 14.3 Å². The molecule has 6 nitrogen and oxygen atoms in total. The predicted molar refractivity (Wildman–Crippen MR) is 91.7 cm³/mol. The van der Waals surface area contributed by atoms with E-state index in [4.69, 9.17) is 0 Å². The van der Waals surface area contributed by atoms with E-state index in [1.165, 1.54) is 7.11 Å². The van der Waals surface area contributed by atoms with Gasteiger partial charge in [-0.2, -0.15) is 0 Å². The molecule has 2 N–H and O–H groups in total. The van der Waals surface area contributed by atoms with Crippen LogP contribution in [-0.4, -0.2) is 36.3 Å². The molecule has 1 unspecified atom stereocenters. The van der Waals surface area contributed by atoms with Gasteiger partial charge in [-0.3, -0.25) is 9.59 Å². The molecule has 1 atom stereocenters. The second-order valence-electron chi connectivity index (χ2n) is 4.91. The highest BCUT2D eigenvalue weighted by Crippen LogP contribution is 2.11. The Balaban J connectivity index is 2.36. The van der Waals surface area contributed by atoms with Crippen molar-refractivity contribution in [1.29, 1.82) is 0 Å². The number of benzene rings is 1. The van der Waals surface area contributed by atoms with Crippen LogP contribution in [0.15, 0.2) is 24.3 Å². The smallest absolute Gasteiger partial charge is 0.337 e. The van der Waals surface area contributed by atoms with E-state index < -0.39 is 5.97 Å². The third kappa shape index (κ3) is 6.81. The molecule has 0 heterocycles. The molecule has 0 aliphatic rings. The van der Waals surface area contributed by atoms with Gasteiger partial charge in [0.15, 0.2) is 0 Å². The van der Waals surface area contributed by atoms with Crippen LogP contribution in [0.5, 0.6) is 0 Å². The molecular weight excluding hydrogens is 364 g/mol. The van der Waals surface area contributed by atoms with Gasteiger partial charge in [-0.15, -0.1) is 0 Å². The Hall–Kier alpha value is -1.89. The van der Waals surface area contributed by atoms with E-state index in [9.17, 15) is 14.4 Å². The van der Waals surface area contributed by atoms with E-state index in [1.54, 1.807) is 24.3 Å². The Morgan fingerprint density at radius 3 is 2.43 bits per heavy atom. The van der Waals surface area contributed by atoms with Gasteiger partial charge < -0.3 is 15.4 Å². The number of halogens is 1. The van der Waals surface area contributed by atoms with Gasteiger partial charge in [-0.25, -0.2) is 4.79 Å². The van der Waals surface area contributed by atoms with Crippen molar-refractivity contribution < 1.29 is 19.1 Å². The third-order valence-electron chi connectivity index (χ3n) is 3.07. The molecule has 0 bridgehead atoms. The molecular formula is C16H21BrN2O4. The van der Waals surface area contributed by atoms with Crippen LogP contribution in [0, 0.1) is 0 Å². The Bertz CT molecular complexity index is 546. The van der Waals surface area contributed by atoms with Crippen molar-refractivity contribution in [3.8, 4) is 0 Å². The van der Waals surface area contributed by atoms with Crippen molar-refractivity contribution in [3.63, 3.8) is 0 Å².